The SMILES string of the molecule is CN(C)CCOc1ccc(C#N)c(CN2CCN(Cc3ccc(C(F)(F)F)cc3)CC2)c1. The summed E-state index contributed by atoms with van der Waals surface area (Å²) in [4.78, 5) is 6.59. The lowest BCUT2D eigenvalue weighted by Gasteiger charge is -2.35. The van der Waals surface area contributed by atoms with Gasteiger partial charge in [0.1, 0.15) is 12.4 Å². The minimum Gasteiger partial charge on any atom is -0.492 e. The smallest absolute Gasteiger partial charge is 0.416 e. The van der Waals surface area contributed by atoms with Crippen LogP contribution in [0.15, 0.2) is 42.5 Å². The zero-order chi connectivity index (χ0) is 23.1. The summed E-state index contributed by atoms with van der Waals surface area (Å²) in [5, 5.41) is 9.47. The van der Waals surface area contributed by atoms with Gasteiger partial charge < -0.3 is 9.64 Å². The monoisotopic (exact) mass is 446 g/mol. The van der Waals surface area contributed by atoms with Crippen LogP contribution in [0.3, 0.4) is 0 Å². The number of hydrogen-bond donors (Lipinski definition) is 0. The number of rotatable bonds is 8. The topological polar surface area (TPSA) is 42.7 Å². The van der Waals surface area contributed by atoms with E-state index in [4.69, 9.17) is 4.74 Å². The first kappa shape index (κ1) is 24.1. The fraction of sp³-hybridized carbons (Fsp3) is 0.458. The van der Waals surface area contributed by atoms with Gasteiger partial charge in [0.05, 0.1) is 17.2 Å². The van der Waals surface area contributed by atoms with E-state index < -0.39 is 11.7 Å². The number of piperazine rings is 1. The fourth-order valence-electron chi connectivity index (χ4n) is 3.65. The molecule has 1 aliphatic rings. The molecule has 1 heterocycles. The number of halogens is 3. The molecule has 0 aliphatic carbocycles. The Bertz CT molecular complexity index is 914. The highest BCUT2D eigenvalue weighted by atomic mass is 19.4. The molecule has 2 aromatic carbocycles. The van der Waals surface area contributed by atoms with E-state index in [-0.39, 0.29) is 0 Å². The molecule has 0 radical (unpaired) electrons. The maximum atomic E-state index is 12.7. The zero-order valence-corrected chi connectivity index (χ0v) is 18.5. The van der Waals surface area contributed by atoms with Gasteiger partial charge in [0, 0.05) is 45.8 Å². The van der Waals surface area contributed by atoms with E-state index >= 15 is 0 Å². The molecule has 5 nitrogen and oxygen atoms in total. The van der Waals surface area contributed by atoms with E-state index in [0.29, 0.717) is 25.3 Å². The summed E-state index contributed by atoms with van der Waals surface area (Å²) < 4.78 is 44.0. The van der Waals surface area contributed by atoms with Crippen molar-refractivity contribution in [3.05, 3.63) is 64.7 Å². The lowest BCUT2D eigenvalue weighted by Crippen LogP contribution is -2.45. The van der Waals surface area contributed by atoms with E-state index in [1.165, 1.54) is 0 Å². The number of benzene rings is 2. The zero-order valence-electron chi connectivity index (χ0n) is 18.5. The first-order chi connectivity index (χ1) is 15.2. The largest absolute Gasteiger partial charge is 0.492 e. The molecule has 0 bridgehead atoms. The number of likely N-dealkylation sites (N-methyl/N-ethyl adjacent to an activating group) is 1. The lowest BCUT2D eigenvalue weighted by molar-refractivity contribution is -0.137. The van der Waals surface area contributed by atoms with Gasteiger partial charge in [0.15, 0.2) is 0 Å². The molecule has 0 aromatic heterocycles. The summed E-state index contributed by atoms with van der Waals surface area (Å²) in [5.41, 5.74) is 1.86. The van der Waals surface area contributed by atoms with Crippen LogP contribution >= 0.6 is 0 Å². The third-order valence-corrected chi connectivity index (χ3v) is 5.55. The molecule has 32 heavy (non-hydrogen) atoms. The second kappa shape index (κ2) is 10.8. The van der Waals surface area contributed by atoms with Gasteiger partial charge in [-0.1, -0.05) is 12.1 Å². The van der Waals surface area contributed by atoms with Crippen molar-refractivity contribution in [1.29, 1.82) is 5.26 Å². The lowest BCUT2D eigenvalue weighted by atomic mass is 10.1. The van der Waals surface area contributed by atoms with Gasteiger partial charge in [0.2, 0.25) is 0 Å². The van der Waals surface area contributed by atoms with Crippen molar-refractivity contribution in [1.82, 2.24) is 14.7 Å². The van der Waals surface area contributed by atoms with Gasteiger partial charge in [-0.25, -0.2) is 0 Å². The highest BCUT2D eigenvalue weighted by Gasteiger charge is 2.30. The molecular weight excluding hydrogens is 417 g/mol. The second-order valence-corrected chi connectivity index (χ2v) is 8.33. The summed E-state index contributed by atoms with van der Waals surface area (Å²) in [6.45, 7) is 6.00. The number of hydrogen-bond acceptors (Lipinski definition) is 5. The highest BCUT2D eigenvalue weighted by molar-refractivity contribution is 5.42. The fourth-order valence-corrected chi connectivity index (χ4v) is 3.65. The van der Waals surface area contributed by atoms with Crippen molar-refractivity contribution in [2.45, 2.75) is 19.3 Å². The van der Waals surface area contributed by atoms with Crippen molar-refractivity contribution in [2.75, 3.05) is 53.4 Å². The third-order valence-electron chi connectivity index (χ3n) is 5.55. The molecule has 0 saturated carbocycles. The molecule has 0 spiro atoms. The van der Waals surface area contributed by atoms with Crippen LogP contribution in [-0.4, -0.2) is 68.1 Å². The van der Waals surface area contributed by atoms with Crippen molar-refractivity contribution in [3.63, 3.8) is 0 Å². The average Bonchev–Trinajstić information content (AvgIpc) is 2.75. The molecule has 1 saturated heterocycles. The van der Waals surface area contributed by atoms with Crippen LogP contribution in [0, 0.1) is 11.3 Å². The van der Waals surface area contributed by atoms with E-state index in [1.54, 1.807) is 18.2 Å². The molecule has 2 aromatic rings. The van der Waals surface area contributed by atoms with Crippen LogP contribution in [0.2, 0.25) is 0 Å². The van der Waals surface area contributed by atoms with Gasteiger partial charge in [-0.05, 0) is 55.6 Å². The molecule has 3 rings (SSSR count). The molecule has 1 fully saturated rings. The van der Waals surface area contributed by atoms with Gasteiger partial charge in [-0.3, -0.25) is 9.80 Å². The number of ether oxygens (including phenoxy) is 1. The van der Waals surface area contributed by atoms with E-state index in [1.807, 2.05) is 26.2 Å². The Kier molecular flexibility index (Phi) is 8.13. The average molecular weight is 447 g/mol. The Morgan fingerprint density at radius 1 is 0.969 bits per heavy atom. The van der Waals surface area contributed by atoms with Crippen molar-refractivity contribution in [3.8, 4) is 11.8 Å². The molecule has 172 valence electrons. The maximum Gasteiger partial charge on any atom is 0.416 e. The van der Waals surface area contributed by atoms with Gasteiger partial charge in [0.25, 0.3) is 0 Å². The predicted octanol–water partition coefficient (Wildman–Crippen LogP) is 3.84. The Balaban J connectivity index is 1.52. The van der Waals surface area contributed by atoms with E-state index in [2.05, 4.69) is 20.8 Å². The summed E-state index contributed by atoms with van der Waals surface area (Å²) >= 11 is 0. The Hall–Kier alpha value is -2.60. The molecule has 0 unspecified atom stereocenters. The quantitative estimate of drug-likeness (QED) is 0.617. The Morgan fingerprint density at radius 2 is 1.59 bits per heavy atom. The van der Waals surface area contributed by atoms with Crippen LogP contribution in [0.1, 0.15) is 22.3 Å². The standard InChI is InChI=1S/C24H29F3N4O/c1-29(2)13-14-32-23-8-5-20(16-28)21(15-23)18-31-11-9-30(10-12-31)17-19-3-6-22(7-4-19)24(25,26)27/h3-8,15H,9-14,17-18H2,1-2H3. The molecule has 0 N–H and O–H groups in total. The summed E-state index contributed by atoms with van der Waals surface area (Å²) in [6, 6.07) is 13.2. The molecule has 1 aliphatic heterocycles. The van der Waals surface area contributed by atoms with Gasteiger partial charge in [-0.15, -0.1) is 0 Å². The van der Waals surface area contributed by atoms with Crippen LogP contribution in [0.4, 0.5) is 13.2 Å². The van der Waals surface area contributed by atoms with Gasteiger partial charge >= 0.3 is 6.18 Å². The summed E-state index contributed by atoms with van der Waals surface area (Å²) in [5.74, 6) is 0.766. The second-order valence-electron chi connectivity index (χ2n) is 8.33. The Labute approximate surface area is 187 Å². The van der Waals surface area contributed by atoms with Crippen LogP contribution < -0.4 is 4.74 Å². The number of alkyl halides is 3. The Morgan fingerprint density at radius 3 is 2.16 bits per heavy atom. The maximum absolute atomic E-state index is 12.7. The normalized spacial score (nSPS) is 15.7. The van der Waals surface area contributed by atoms with Crippen LogP contribution in [0.25, 0.3) is 0 Å². The molecule has 0 atom stereocenters. The van der Waals surface area contributed by atoms with Crippen LogP contribution in [0.5, 0.6) is 5.75 Å². The summed E-state index contributed by atoms with van der Waals surface area (Å²) in [7, 11) is 3.98. The highest BCUT2D eigenvalue weighted by Crippen LogP contribution is 2.29. The van der Waals surface area contributed by atoms with Crippen LogP contribution in [-0.2, 0) is 19.3 Å². The predicted molar refractivity (Wildman–Crippen MR) is 117 cm³/mol. The molecular formula is C24H29F3N4O. The first-order valence-corrected chi connectivity index (χ1v) is 10.7. The summed E-state index contributed by atoms with van der Waals surface area (Å²) in [6.07, 6.45) is -4.30. The molecule has 8 heteroatoms. The van der Waals surface area contributed by atoms with Crippen molar-refractivity contribution < 1.29 is 17.9 Å². The first-order valence-electron chi connectivity index (χ1n) is 10.7. The van der Waals surface area contributed by atoms with Crippen molar-refractivity contribution >= 4 is 0 Å². The third kappa shape index (κ3) is 6.95. The van der Waals surface area contributed by atoms with Crippen molar-refractivity contribution in [2.24, 2.45) is 0 Å². The van der Waals surface area contributed by atoms with E-state index in [0.717, 1.165) is 61.7 Å². The number of nitriles is 1. The minimum atomic E-state index is -4.30. The van der Waals surface area contributed by atoms with Gasteiger partial charge in [-0.2, -0.15) is 18.4 Å². The number of nitrogens with zero attached hydrogens (tertiary/aromatic N) is 4. The molecule has 0 amide bonds. The van der Waals surface area contributed by atoms with E-state index in [9.17, 15) is 18.4 Å². The minimum absolute atomic E-state index is 0.584.